The van der Waals surface area contributed by atoms with Crippen LogP contribution >= 0.6 is 0 Å². The van der Waals surface area contributed by atoms with Crippen molar-refractivity contribution in [3.63, 3.8) is 0 Å². The molecule has 0 aliphatic heterocycles. The van der Waals surface area contributed by atoms with Gasteiger partial charge in [0.2, 0.25) is 0 Å². The second-order valence-electron chi connectivity index (χ2n) is 4.86. The maximum atomic E-state index is 12.0. The van der Waals surface area contributed by atoms with Crippen LogP contribution in [-0.4, -0.2) is 53.4 Å². The summed E-state index contributed by atoms with van der Waals surface area (Å²) < 4.78 is 32.6. The van der Waals surface area contributed by atoms with E-state index in [-0.39, 0.29) is 6.42 Å². The van der Waals surface area contributed by atoms with Crippen molar-refractivity contribution in [3.8, 4) is 0 Å². The standard InChI is InChI=1S/C13H18N4O4S/c1-15(2)22(19,20)17-9-11(14-10-17)8-12(13(18)21-3)16-6-4-5-7-16/h4-7,9-10,12H,8H2,1-3H3/t12-/m0/s1. The lowest BCUT2D eigenvalue weighted by Gasteiger charge is -2.15. The van der Waals surface area contributed by atoms with Gasteiger partial charge in [0.25, 0.3) is 0 Å². The van der Waals surface area contributed by atoms with Gasteiger partial charge in [-0.25, -0.2) is 13.8 Å². The first kappa shape index (κ1) is 16.2. The van der Waals surface area contributed by atoms with Crippen molar-refractivity contribution < 1.29 is 17.9 Å². The molecule has 2 aromatic rings. The number of imidazole rings is 1. The van der Waals surface area contributed by atoms with E-state index in [1.54, 1.807) is 29.1 Å². The number of esters is 1. The minimum absolute atomic E-state index is 0.233. The molecule has 0 bridgehead atoms. The second kappa shape index (κ2) is 6.32. The maximum Gasteiger partial charge on any atom is 0.329 e. The molecule has 1 atom stereocenters. The molecule has 0 fully saturated rings. The van der Waals surface area contributed by atoms with Crippen LogP contribution in [0.15, 0.2) is 37.1 Å². The van der Waals surface area contributed by atoms with E-state index < -0.39 is 22.2 Å². The van der Waals surface area contributed by atoms with Crippen molar-refractivity contribution in [2.75, 3.05) is 21.2 Å². The lowest BCUT2D eigenvalue weighted by atomic mass is 10.1. The van der Waals surface area contributed by atoms with Crippen LogP contribution in [0.4, 0.5) is 0 Å². The predicted octanol–water partition coefficient (Wildman–Crippen LogP) is 0.296. The Morgan fingerprint density at radius 3 is 2.55 bits per heavy atom. The zero-order valence-corrected chi connectivity index (χ0v) is 13.4. The first-order valence-corrected chi connectivity index (χ1v) is 7.92. The van der Waals surface area contributed by atoms with Gasteiger partial charge in [0, 0.05) is 39.1 Å². The molecule has 0 amide bonds. The number of rotatable bonds is 6. The summed E-state index contributed by atoms with van der Waals surface area (Å²) in [4.78, 5) is 16.0. The third-order valence-corrected chi connectivity index (χ3v) is 4.86. The highest BCUT2D eigenvalue weighted by molar-refractivity contribution is 7.87. The fourth-order valence-corrected chi connectivity index (χ4v) is 2.76. The minimum Gasteiger partial charge on any atom is -0.467 e. The highest BCUT2D eigenvalue weighted by Crippen LogP contribution is 2.16. The Morgan fingerprint density at radius 2 is 2.00 bits per heavy atom. The maximum absolute atomic E-state index is 12.0. The number of methoxy groups -OCH3 is 1. The molecule has 0 aromatic carbocycles. The van der Waals surface area contributed by atoms with Gasteiger partial charge in [0.15, 0.2) is 0 Å². The molecule has 0 aliphatic carbocycles. The number of hydrogen-bond donors (Lipinski definition) is 0. The molecule has 2 heterocycles. The van der Waals surface area contributed by atoms with Crippen LogP contribution in [-0.2, 0) is 26.2 Å². The Kier molecular flexibility index (Phi) is 4.67. The average Bonchev–Trinajstić information content (AvgIpc) is 3.15. The Morgan fingerprint density at radius 1 is 1.36 bits per heavy atom. The van der Waals surface area contributed by atoms with Crippen molar-refractivity contribution in [2.24, 2.45) is 0 Å². The fourth-order valence-electron chi connectivity index (χ4n) is 1.96. The van der Waals surface area contributed by atoms with Crippen LogP contribution in [0, 0.1) is 0 Å². The predicted molar refractivity (Wildman–Crippen MR) is 79.4 cm³/mol. The molecule has 0 spiro atoms. The van der Waals surface area contributed by atoms with Crippen molar-refractivity contribution in [3.05, 3.63) is 42.7 Å². The summed E-state index contributed by atoms with van der Waals surface area (Å²) in [6, 6.07) is 3.00. The molecular weight excluding hydrogens is 308 g/mol. The van der Waals surface area contributed by atoms with Crippen molar-refractivity contribution in [1.29, 1.82) is 0 Å². The van der Waals surface area contributed by atoms with Crippen molar-refractivity contribution in [1.82, 2.24) is 17.8 Å². The van der Waals surface area contributed by atoms with Crippen LogP contribution in [0.3, 0.4) is 0 Å². The summed E-state index contributed by atoms with van der Waals surface area (Å²) in [5.74, 6) is -0.416. The van der Waals surface area contributed by atoms with Gasteiger partial charge in [-0.15, -0.1) is 0 Å². The number of hydrogen-bond acceptors (Lipinski definition) is 5. The molecule has 2 aromatic heterocycles. The van der Waals surface area contributed by atoms with E-state index in [2.05, 4.69) is 4.98 Å². The lowest BCUT2D eigenvalue weighted by Crippen LogP contribution is -2.27. The third-order valence-electron chi connectivity index (χ3n) is 3.20. The molecule has 0 radical (unpaired) electrons. The van der Waals surface area contributed by atoms with Crippen molar-refractivity contribution >= 4 is 16.2 Å². The minimum atomic E-state index is -3.61. The van der Waals surface area contributed by atoms with E-state index in [1.807, 2.05) is 0 Å². The van der Waals surface area contributed by atoms with Gasteiger partial charge >= 0.3 is 16.2 Å². The largest absolute Gasteiger partial charge is 0.467 e. The van der Waals surface area contributed by atoms with Crippen molar-refractivity contribution in [2.45, 2.75) is 12.5 Å². The summed E-state index contributed by atoms with van der Waals surface area (Å²) in [6.45, 7) is 0. The normalized spacial score (nSPS) is 13.3. The van der Waals surface area contributed by atoms with Gasteiger partial charge in [0.1, 0.15) is 12.4 Å². The Balaban J connectivity index is 2.26. The third kappa shape index (κ3) is 3.20. The van der Waals surface area contributed by atoms with Gasteiger partial charge < -0.3 is 9.30 Å². The van der Waals surface area contributed by atoms with E-state index >= 15 is 0 Å². The lowest BCUT2D eigenvalue weighted by molar-refractivity contribution is -0.144. The molecule has 0 saturated carbocycles. The van der Waals surface area contributed by atoms with E-state index in [0.29, 0.717) is 5.69 Å². The monoisotopic (exact) mass is 326 g/mol. The molecule has 0 saturated heterocycles. The van der Waals surface area contributed by atoms with E-state index in [9.17, 15) is 13.2 Å². The molecule has 0 aliphatic rings. The highest BCUT2D eigenvalue weighted by atomic mass is 32.2. The molecule has 120 valence electrons. The molecule has 0 N–H and O–H groups in total. The second-order valence-corrected chi connectivity index (χ2v) is 6.91. The zero-order valence-electron chi connectivity index (χ0n) is 12.6. The fraction of sp³-hybridized carbons (Fsp3) is 0.385. The first-order valence-electron chi connectivity index (χ1n) is 6.52. The van der Waals surface area contributed by atoms with Gasteiger partial charge in [0.05, 0.1) is 12.8 Å². The first-order chi connectivity index (χ1) is 10.4. The Labute approximate surface area is 129 Å². The van der Waals surface area contributed by atoms with Crippen LogP contribution in [0.1, 0.15) is 11.7 Å². The molecule has 9 heteroatoms. The quantitative estimate of drug-likeness (QED) is 0.713. The van der Waals surface area contributed by atoms with Gasteiger partial charge in [-0.05, 0) is 12.1 Å². The molecule has 0 unspecified atom stereocenters. The summed E-state index contributed by atoms with van der Waals surface area (Å²) in [5.41, 5.74) is 0.481. The summed E-state index contributed by atoms with van der Waals surface area (Å²) in [5, 5.41) is 0. The molecule has 2 rings (SSSR count). The molecule has 8 nitrogen and oxygen atoms in total. The van der Waals surface area contributed by atoms with Gasteiger partial charge in [-0.3, -0.25) is 0 Å². The van der Waals surface area contributed by atoms with E-state index in [1.165, 1.54) is 33.7 Å². The highest BCUT2D eigenvalue weighted by Gasteiger charge is 2.23. The number of nitrogens with zero attached hydrogens (tertiary/aromatic N) is 4. The molecule has 22 heavy (non-hydrogen) atoms. The van der Waals surface area contributed by atoms with Crippen LogP contribution in [0.2, 0.25) is 0 Å². The van der Waals surface area contributed by atoms with Gasteiger partial charge in [-0.2, -0.15) is 12.7 Å². The Bertz CT molecular complexity index is 734. The average molecular weight is 326 g/mol. The van der Waals surface area contributed by atoms with Crippen LogP contribution in [0.25, 0.3) is 0 Å². The number of carbonyl (C=O) groups is 1. The molecular formula is C13H18N4O4S. The Hall–Kier alpha value is -2.13. The summed E-state index contributed by atoms with van der Waals surface area (Å²) >= 11 is 0. The van der Waals surface area contributed by atoms with E-state index in [4.69, 9.17) is 4.74 Å². The smallest absolute Gasteiger partial charge is 0.329 e. The van der Waals surface area contributed by atoms with Crippen LogP contribution in [0.5, 0.6) is 0 Å². The number of ether oxygens (including phenoxy) is 1. The SMILES string of the molecule is COC(=O)[C@H](Cc1cn(S(=O)(=O)N(C)C)cn1)n1cccc1. The van der Waals surface area contributed by atoms with Crippen LogP contribution < -0.4 is 0 Å². The van der Waals surface area contributed by atoms with Gasteiger partial charge in [-0.1, -0.05) is 0 Å². The number of aromatic nitrogens is 3. The van der Waals surface area contributed by atoms with E-state index in [0.717, 1.165) is 8.28 Å². The zero-order chi connectivity index (χ0) is 16.3. The number of carbonyl (C=O) groups excluding carboxylic acids is 1. The summed E-state index contributed by atoms with van der Waals surface area (Å²) in [6.07, 6.45) is 6.34. The summed E-state index contributed by atoms with van der Waals surface area (Å²) in [7, 11) is 0.580. The topological polar surface area (TPSA) is 86.4 Å².